The molecule has 0 radical (unpaired) electrons. The van der Waals surface area contributed by atoms with Crippen LogP contribution >= 0.6 is 11.3 Å². The minimum Gasteiger partial charge on any atom is -0.494 e. The van der Waals surface area contributed by atoms with Gasteiger partial charge in [0.05, 0.1) is 12.6 Å². The van der Waals surface area contributed by atoms with Crippen LogP contribution in [0, 0.1) is 0 Å². The van der Waals surface area contributed by atoms with E-state index in [4.69, 9.17) is 4.74 Å². The van der Waals surface area contributed by atoms with E-state index in [1.54, 1.807) is 11.3 Å². The van der Waals surface area contributed by atoms with Crippen LogP contribution in [-0.2, 0) is 0 Å². The standard InChI is InChI=1S/C22H31N3O2S/c1-3-4-14-27-20-7-5-18(6-8-20)22(26)23-16-21(19-9-15-28-17-19)25-12-10-24(2)11-13-25/h5-9,15,17,21H,3-4,10-14,16H2,1-2H3,(H,23,26). The number of nitrogens with zero attached hydrogens (tertiary/aromatic N) is 2. The second-order valence-corrected chi connectivity index (χ2v) is 8.13. The van der Waals surface area contributed by atoms with Crippen LogP contribution in [0.3, 0.4) is 0 Å². The van der Waals surface area contributed by atoms with Crippen molar-refractivity contribution in [2.24, 2.45) is 0 Å². The number of ether oxygens (including phenoxy) is 1. The van der Waals surface area contributed by atoms with Crippen LogP contribution < -0.4 is 10.1 Å². The molecule has 1 atom stereocenters. The molecule has 6 heteroatoms. The van der Waals surface area contributed by atoms with Crippen molar-refractivity contribution in [3.63, 3.8) is 0 Å². The number of thiophene rings is 1. The van der Waals surface area contributed by atoms with Gasteiger partial charge in [-0.25, -0.2) is 0 Å². The number of nitrogens with one attached hydrogen (secondary N) is 1. The molecule has 0 aliphatic carbocycles. The first-order chi connectivity index (χ1) is 13.7. The van der Waals surface area contributed by atoms with Crippen LogP contribution in [0.4, 0.5) is 0 Å². The van der Waals surface area contributed by atoms with Crippen molar-refractivity contribution >= 4 is 17.2 Å². The number of amides is 1. The lowest BCUT2D eigenvalue weighted by Gasteiger charge is -2.38. The number of unbranched alkanes of at least 4 members (excludes halogenated alkanes) is 1. The van der Waals surface area contributed by atoms with E-state index in [9.17, 15) is 4.79 Å². The van der Waals surface area contributed by atoms with E-state index < -0.39 is 0 Å². The number of rotatable bonds is 9. The van der Waals surface area contributed by atoms with Crippen LogP contribution in [0.5, 0.6) is 5.75 Å². The van der Waals surface area contributed by atoms with E-state index in [2.05, 4.69) is 45.9 Å². The van der Waals surface area contributed by atoms with Crippen molar-refractivity contribution < 1.29 is 9.53 Å². The van der Waals surface area contributed by atoms with Gasteiger partial charge in [-0.3, -0.25) is 9.69 Å². The van der Waals surface area contributed by atoms with Crippen LogP contribution in [0.2, 0.25) is 0 Å². The summed E-state index contributed by atoms with van der Waals surface area (Å²) < 4.78 is 5.68. The van der Waals surface area contributed by atoms with E-state index in [1.807, 2.05) is 24.3 Å². The van der Waals surface area contributed by atoms with E-state index in [-0.39, 0.29) is 11.9 Å². The lowest BCUT2D eigenvalue weighted by atomic mass is 10.1. The molecule has 1 saturated heterocycles. The molecule has 1 aliphatic heterocycles. The van der Waals surface area contributed by atoms with Crippen LogP contribution in [0.25, 0.3) is 0 Å². The molecule has 0 spiro atoms. The smallest absolute Gasteiger partial charge is 0.251 e. The quantitative estimate of drug-likeness (QED) is 0.652. The zero-order valence-electron chi connectivity index (χ0n) is 16.9. The summed E-state index contributed by atoms with van der Waals surface area (Å²) in [4.78, 5) is 17.5. The highest BCUT2D eigenvalue weighted by atomic mass is 32.1. The number of piperazine rings is 1. The summed E-state index contributed by atoms with van der Waals surface area (Å²) in [6.07, 6.45) is 2.15. The first-order valence-corrected chi connectivity index (χ1v) is 11.1. The fourth-order valence-electron chi connectivity index (χ4n) is 3.38. The predicted molar refractivity (Wildman–Crippen MR) is 115 cm³/mol. The van der Waals surface area contributed by atoms with Crippen molar-refractivity contribution in [3.05, 3.63) is 52.2 Å². The van der Waals surface area contributed by atoms with Gasteiger partial charge in [-0.1, -0.05) is 13.3 Å². The molecule has 0 bridgehead atoms. The maximum atomic E-state index is 12.6. The summed E-state index contributed by atoms with van der Waals surface area (Å²) >= 11 is 1.71. The lowest BCUT2D eigenvalue weighted by molar-refractivity contribution is 0.0886. The Kier molecular flexibility index (Phi) is 7.89. The molecule has 152 valence electrons. The molecule has 1 aromatic heterocycles. The Morgan fingerprint density at radius 1 is 1.18 bits per heavy atom. The summed E-state index contributed by atoms with van der Waals surface area (Å²) in [7, 11) is 2.16. The van der Waals surface area contributed by atoms with Crippen LogP contribution in [0.1, 0.15) is 41.7 Å². The van der Waals surface area contributed by atoms with Gasteiger partial charge in [0.25, 0.3) is 5.91 Å². The molecule has 1 amide bonds. The third-order valence-corrected chi connectivity index (χ3v) is 5.95. The molecule has 1 N–H and O–H groups in total. The van der Waals surface area contributed by atoms with Crippen molar-refractivity contribution in [1.82, 2.24) is 15.1 Å². The Morgan fingerprint density at radius 2 is 1.93 bits per heavy atom. The predicted octanol–water partition coefficient (Wildman–Crippen LogP) is 3.65. The summed E-state index contributed by atoms with van der Waals surface area (Å²) in [6.45, 7) is 7.65. The van der Waals surface area contributed by atoms with E-state index >= 15 is 0 Å². The number of likely N-dealkylation sites (N-methyl/N-ethyl adjacent to an activating group) is 1. The third kappa shape index (κ3) is 5.80. The Hall–Kier alpha value is -1.89. The number of hydrogen-bond donors (Lipinski definition) is 1. The van der Waals surface area contributed by atoms with E-state index in [1.165, 1.54) is 5.56 Å². The summed E-state index contributed by atoms with van der Waals surface area (Å²) in [6, 6.07) is 9.82. The zero-order valence-corrected chi connectivity index (χ0v) is 17.7. The van der Waals surface area contributed by atoms with Gasteiger partial charge < -0.3 is 15.0 Å². The fraction of sp³-hybridized carbons (Fsp3) is 0.500. The Morgan fingerprint density at radius 3 is 2.57 bits per heavy atom. The minimum atomic E-state index is -0.0329. The number of hydrogen-bond acceptors (Lipinski definition) is 5. The Balaban J connectivity index is 1.57. The molecule has 28 heavy (non-hydrogen) atoms. The van der Waals surface area contributed by atoms with Gasteiger partial charge in [-0.05, 0) is 60.1 Å². The number of benzene rings is 1. The monoisotopic (exact) mass is 401 g/mol. The highest BCUT2D eigenvalue weighted by Crippen LogP contribution is 2.24. The molecule has 2 aromatic rings. The third-order valence-electron chi connectivity index (χ3n) is 5.25. The SMILES string of the molecule is CCCCOc1ccc(C(=O)NCC(c2ccsc2)N2CCN(C)CC2)cc1. The summed E-state index contributed by atoms with van der Waals surface area (Å²) in [5, 5.41) is 7.44. The minimum absolute atomic E-state index is 0.0329. The van der Waals surface area contributed by atoms with Crippen molar-refractivity contribution in [2.75, 3.05) is 46.4 Å². The summed E-state index contributed by atoms with van der Waals surface area (Å²) in [5.41, 5.74) is 1.96. The molecule has 1 aliphatic rings. The molecule has 3 rings (SSSR count). The summed E-state index contributed by atoms with van der Waals surface area (Å²) in [5.74, 6) is 0.785. The van der Waals surface area contributed by atoms with Gasteiger partial charge in [0.15, 0.2) is 0 Å². The molecular weight excluding hydrogens is 370 g/mol. The highest BCUT2D eigenvalue weighted by molar-refractivity contribution is 7.07. The van der Waals surface area contributed by atoms with Gasteiger partial charge in [-0.2, -0.15) is 11.3 Å². The van der Waals surface area contributed by atoms with Crippen molar-refractivity contribution in [3.8, 4) is 5.75 Å². The first kappa shape index (κ1) is 20.8. The van der Waals surface area contributed by atoms with Gasteiger partial charge in [-0.15, -0.1) is 0 Å². The van der Waals surface area contributed by atoms with Crippen LogP contribution in [0.15, 0.2) is 41.1 Å². The average molecular weight is 402 g/mol. The second kappa shape index (κ2) is 10.6. The van der Waals surface area contributed by atoms with Crippen molar-refractivity contribution in [2.45, 2.75) is 25.8 Å². The van der Waals surface area contributed by atoms with Gasteiger partial charge in [0, 0.05) is 38.3 Å². The van der Waals surface area contributed by atoms with Crippen molar-refractivity contribution in [1.29, 1.82) is 0 Å². The van der Waals surface area contributed by atoms with Crippen LogP contribution in [-0.4, -0.2) is 62.1 Å². The largest absolute Gasteiger partial charge is 0.494 e. The maximum absolute atomic E-state index is 12.6. The molecule has 0 saturated carbocycles. The molecule has 1 aromatic carbocycles. The molecular formula is C22H31N3O2S. The fourth-order valence-corrected chi connectivity index (χ4v) is 4.09. The van der Waals surface area contributed by atoms with Gasteiger partial charge >= 0.3 is 0 Å². The second-order valence-electron chi connectivity index (χ2n) is 7.35. The molecule has 2 heterocycles. The molecule has 5 nitrogen and oxygen atoms in total. The van der Waals surface area contributed by atoms with Gasteiger partial charge in [0.2, 0.25) is 0 Å². The lowest BCUT2D eigenvalue weighted by Crippen LogP contribution is -2.48. The normalized spacial score (nSPS) is 16.6. The first-order valence-electron chi connectivity index (χ1n) is 10.1. The number of carbonyl (C=O) groups excluding carboxylic acids is 1. The van der Waals surface area contributed by atoms with Gasteiger partial charge in [0.1, 0.15) is 5.75 Å². The Bertz CT molecular complexity index is 710. The molecule has 1 fully saturated rings. The Labute approximate surface area is 172 Å². The van der Waals surface area contributed by atoms with E-state index in [0.717, 1.165) is 51.4 Å². The maximum Gasteiger partial charge on any atom is 0.251 e. The molecule has 1 unspecified atom stereocenters. The zero-order chi connectivity index (χ0) is 19.8. The number of carbonyl (C=O) groups is 1. The topological polar surface area (TPSA) is 44.8 Å². The highest BCUT2D eigenvalue weighted by Gasteiger charge is 2.24. The van der Waals surface area contributed by atoms with E-state index in [0.29, 0.717) is 12.1 Å². The average Bonchev–Trinajstić information content (AvgIpc) is 3.24.